The van der Waals surface area contributed by atoms with Crippen LogP contribution in [0.4, 0.5) is 11.4 Å². The van der Waals surface area contributed by atoms with Gasteiger partial charge in [-0.25, -0.2) is 8.42 Å². The second kappa shape index (κ2) is 9.03. The summed E-state index contributed by atoms with van der Waals surface area (Å²) in [5, 5.41) is 8.65. The number of anilines is 2. The number of aromatic nitrogens is 1. The Morgan fingerprint density at radius 3 is 2.53 bits per heavy atom. The summed E-state index contributed by atoms with van der Waals surface area (Å²) in [6.07, 6.45) is 4.38. The molecule has 0 saturated heterocycles. The molecule has 1 aliphatic rings. The highest BCUT2D eigenvalue weighted by Gasteiger charge is 2.35. The quantitative estimate of drug-likeness (QED) is 0.438. The predicted octanol–water partition coefficient (Wildman–Crippen LogP) is 1.33. The van der Waals surface area contributed by atoms with Crippen molar-refractivity contribution < 1.29 is 18.1 Å². The number of nitrogens with zero attached hydrogens (tertiary/aromatic N) is 2. The minimum Gasteiger partial charge on any atom is -0.457 e. The molecule has 0 radical (unpaired) electrons. The van der Waals surface area contributed by atoms with E-state index in [0.29, 0.717) is 46.7 Å². The van der Waals surface area contributed by atoms with E-state index in [0.717, 1.165) is 0 Å². The van der Waals surface area contributed by atoms with Gasteiger partial charge in [0, 0.05) is 30.1 Å². The van der Waals surface area contributed by atoms with E-state index in [2.05, 4.69) is 15.8 Å². The molecule has 1 saturated carbocycles. The lowest BCUT2D eigenvalue weighted by Gasteiger charge is -2.17. The Morgan fingerprint density at radius 1 is 1.21 bits per heavy atom. The van der Waals surface area contributed by atoms with Crippen LogP contribution in [-0.4, -0.2) is 31.5 Å². The highest BCUT2D eigenvalue weighted by atomic mass is 32.2. The minimum absolute atomic E-state index is 0.226. The first-order valence-corrected chi connectivity index (χ1v) is 12.1. The van der Waals surface area contributed by atoms with Gasteiger partial charge in [-0.2, -0.15) is 5.26 Å². The summed E-state index contributed by atoms with van der Waals surface area (Å²) in [4.78, 5) is 15.4. The Hall–Kier alpha value is -4.10. The Labute approximate surface area is 197 Å². The van der Waals surface area contributed by atoms with Gasteiger partial charge in [0.25, 0.3) is 5.56 Å². The molecule has 4 rings (SSSR count). The van der Waals surface area contributed by atoms with Crippen molar-refractivity contribution in [2.75, 3.05) is 17.5 Å². The lowest BCUT2D eigenvalue weighted by atomic mass is 10.0. The Morgan fingerprint density at radius 2 is 1.91 bits per heavy atom. The lowest BCUT2D eigenvalue weighted by Crippen LogP contribution is -2.63. The van der Waals surface area contributed by atoms with Gasteiger partial charge in [0.1, 0.15) is 24.1 Å². The summed E-state index contributed by atoms with van der Waals surface area (Å²) in [6, 6.07) is 13.5. The molecule has 174 valence electrons. The number of nitrogens with one attached hydrogen (secondary N) is 2. The number of aryl methyl sites for hydroxylation is 1. The zero-order valence-electron chi connectivity index (χ0n) is 18.7. The third-order valence-electron chi connectivity index (χ3n) is 5.45. The molecule has 10 heteroatoms. The van der Waals surface area contributed by atoms with Gasteiger partial charge in [-0.05, 0) is 55.3 Å². The van der Waals surface area contributed by atoms with Gasteiger partial charge < -0.3 is 15.0 Å². The maximum Gasteiger partial charge on any atom is 0.265 e. The summed E-state index contributed by atoms with van der Waals surface area (Å²) in [6.45, 7) is 0. The minimum atomic E-state index is -3.48. The Balaban J connectivity index is 1.86. The average Bonchev–Trinajstić information content (AvgIpc) is 3.67. The first-order chi connectivity index (χ1) is 16.2. The van der Waals surface area contributed by atoms with Gasteiger partial charge in [-0.1, -0.05) is 0 Å². The fraction of sp³-hybridized carbons (Fsp3) is 0.208. The SMILES string of the molecule is C[NH+]=Cc1c(N)c(-c2cc(NS(=O)(=O)C3CC3)ccc2Oc2ccc(C#N)cc2)cn(C)c1=O. The maximum atomic E-state index is 12.6. The van der Waals surface area contributed by atoms with Gasteiger partial charge in [0.2, 0.25) is 10.0 Å². The number of ether oxygens (including phenoxy) is 1. The zero-order valence-corrected chi connectivity index (χ0v) is 19.5. The number of sulfonamides is 1. The monoisotopic (exact) mass is 478 g/mol. The van der Waals surface area contributed by atoms with Crippen molar-refractivity contribution >= 4 is 27.6 Å². The van der Waals surface area contributed by atoms with E-state index >= 15 is 0 Å². The number of pyridine rings is 1. The molecule has 1 fully saturated rings. The van der Waals surface area contributed by atoms with Crippen molar-refractivity contribution in [1.82, 2.24) is 4.57 Å². The van der Waals surface area contributed by atoms with Crippen molar-refractivity contribution in [2.45, 2.75) is 18.1 Å². The molecule has 1 heterocycles. The fourth-order valence-corrected chi connectivity index (χ4v) is 4.89. The molecule has 1 aliphatic carbocycles. The van der Waals surface area contributed by atoms with Crippen molar-refractivity contribution in [2.24, 2.45) is 7.05 Å². The van der Waals surface area contributed by atoms with Gasteiger partial charge in [0.15, 0.2) is 6.21 Å². The van der Waals surface area contributed by atoms with Gasteiger partial charge in [-0.15, -0.1) is 0 Å². The van der Waals surface area contributed by atoms with Crippen LogP contribution in [0.2, 0.25) is 0 Å². The van der Waals surface area contributed by atoms with E-state index in [4.69, 9.17) is 15.7 Å². The van der Waals surface area contributed by atoms with E-state index < -0.39 is 10.0 Å². The lowest BCUT2D eigenvalue weighted by molar-refractivity contribution is -0.413. The second-order valence-corrected chi connectivity index (χ2v) is 9.98. The highest BCUT2D eigenvalue weighted by molar-refractivity contribution is 7.93. The van der Waals surface area contributed by atoms with Crippen LogP contribution in [0.3, 0.4) is 0 Å². The molecule has 3 aromatic rings. The smallest absolute Gasteiger partial charge is 0.265 e. The van der Waals surface area contributed by atoms with Crippen LogP contribution in [0, 0.1) is 11.3 Å². The summed E-state index contributed by atoms with van der Waals surface area (Å²) in [5.41, 5.74) is 8.46. The molecule has 0 spiro atoms. The topological polar surface area (TPSA) is 141 Å². The number of nitriles is 1. The standard InChI is InChI=1S/C24H23N5O4S/c1-27-13-20-23(26)21(14-29(2)24(20)30)19-11-16(28-34(31,32)18-8-9-18)5-10-22(19)33-17-6-3-15(12-25)4-7-17/h3-7,10-11,13-14,18,28H,8-9,26H2,1-2H3/p+1. The molecule has 0 bridgehead atoms. The van der Waals surface area contributed by atoms with Crippen LogP contribution in [0.15, 0.2) is 53.5 Å². The van der Waals surface area contributed by atoms with Gasteiger partial charge >= 0.3 is 0 Å². The van der Waals surface area contributed by atoms with E-state index in [1.54, 1.807) is 62.8 Å². The zero-order chi connectivity index (χ0) is 24.5. The van der Waals surface area contributed by atoms with Crippen molar-refractivity contribution in [3.05, 3.63) is 70.1 Å². The van der Waals surface area contributed by atoms with Crippen LogP contribution >= 0.6 is 0 Å². The number of benzene rings is 2. The molecule has 0 amide bonds. The average molecular weight is 479 g/mol. The normalized spacial score (nSPS) is 13.6. The molecule has 34 heavy (non-hydrogen) atoms. The third-order valence-corrected chi connectivity index (χ3v) is 7.32. The third kappa shape index (κ3) is 4.65. The van der Waals surface area contributed by atoms with E-state index in [1.807, 2.05) is 0 Å². The summed E-state index contributed by atoms with van der Waals surface area (Å²) in [7, 11) is -0.209. The molecule has 9 nitrogen and oxygen atoms in total. The second-order valence-electron chi connectivity index (χ2n) is 8.01. The fourth-order valence-electron chi connectivity index (χ4n) is 3.51. The largest absolute Gasteiger partial charge is 0.457 e. The molecule has 0 atom stereocenters. The summed E-state index contributed by atoms with van der Waals surface area (Å²) < 4.78 is 35.1. The highest BCUT2D eigenvalue weighted by Crippen LogP contribution is 2.39. The number of rotatable bonds is 7. The van der Waals surface area contributed by atoms with E-state index in [9.17, 15) is 13.2 Å². The van der Waals surface area contributed by atoms with Gasteiger partial charge in [0.05, 0.1) is 22.6 Å². The molecule has 0 aliphatic heterocycles. The van der Waals surface area contributed by atoms with Crippen LogP contribution in [0.5, 0.6) is 11.5 Å². The molecular formula is C24H24N5O4S+. The van der Waals surface area contributed by atoms with Crippen LogP contribution in [0.1, 0.15) is 24.0 Å². The Kier molecular flexibility index (Phi) is 6.13. The maximum absolute atomic E-state index is 12.6. The predicted molar refractivity (Wildman–Crippen MR) is 130 cm³/mol. The van der Waals surface area contributed by atoms with Crippen LogP contribution in [-0.2, 0) is 17.1 Å². The summed E-state index contributed by atoms with van der Waals surface area (Å²) >= 11 is 0. The first kappa shape index (κ1) is 23.1. The van der Waals surface area contributed by atoms with Crippen LogP contribution in [0.25, 0.3) is 11.1 Å². The number of hydrogen-bond donors (Lipinski definition) is 3. The van der Waals surface area contributed by atoms with Crippen molar-refractivity contribution in [3.63, 3.8) is 0 Å². The van der Waals surface area contributed by atoms with Gasteiger partial charge in [-0.3, -0.25) is 14.5 Å². The number of hydrogen-bond acceptors (Lipinski definition) is 6. The van der Waals surface area contributed by atoms with E-state index in [1.165, 1.54) is 10.8 Å². The first-order valence-electron chi connectivity index (χ1n) is 10.6. The van der Waals surface area contributed by atoms with Crippen LogP contribution < -0.4 is 25.7 Å². The number of nitrogens with two attached hydrogens (primary N) is 1. The Bertz CT molecular complexity index is 1480. The molecule has 4 N–H and O–H groups in total. The number of nitrogen functional groups attached to an aromatic ring is 1. The summed E-state index contributed by atoms with van der Waals surface area (Å²) in [5.74, 6) is 0.886. The molecule has 1 aromatic heterocycles. The molecule has 2 aromatic carbocycles. The molecular weight excluding hydrogens is 454 g/mol. The molecule has 0 unspecified atom stereocenters. The van der Waals surface area contributed by atoms with E-state index in [-0.39, 0.29) is 22.1 Å². The van der Waals surface area contributed by atoms with Crippen molar-refractivity contribution in [3.8, 4) is 28.7 Å². The van der Waals surface area contributed by atoms with Crippen molar-refractivity contribution in [1.29, 1.82) is 5.26 Å².